The Morgan fingerprint density at radius 1 is 1.08 bits per heavy atom. The van der Waals surface area contributed by atoms with E-state index in [0.29, 0.717) is 11.6 Å². The van der Waals surface area contributed by atoms with Crippen molar-refractivity contribution in [3.63, 3.8) is 0 Å². The number of benzene rings is 2. The van der Waals surface area contributed by atoms with Gasteiger partial charge in [-0.25, -0.2) is 0 Å². The summed E-state index contributed by atoms with van der Waals surface area (Å²) in [6, 6.07) is 17.2. The van der Waals surface area contributed by atoms with E-state index in [9.17, 15) is 4.79 Å². The Labute approximate surface area is 150 Å². The minimum absolute atomic E-state index is 0.0997. The lowest BCUT2D eigenvalue weighted by Crippen LogP contribution is -2.42. The van der Waals surface area contributed by atoms with E-state index in [1.165, 1.54) is 0 Å². The molecule has 1 N–H and O–H groups in total. The highest BCUT2D eigenvalue weighted by Gasteiger charge is 2.24. The molecule has 4 nitrogen and oxygen atoms in total. The summed E-state index contributed by atoms with van der Waals surface area (Å²) in [5, 5.41) is 12.1. The summed E-state index contributed by atoms with van der Waals surface area (Å²) >= 11 is 0. The van der Waals surface area contributed by atoms with E-state index in [1.807, 2.05) is 50.4 Å². The highest BCUT2D eigenvalue weighted by molar-refractivity contribution is 6.00. The van der Waals surface area contributed by atoms with Gasteiger partial charge in [-0.05, 0) is 75.8 Å². The lowest BCUT2D eigenvalue weighted by Gasteiger charge is -2.29. The number of hydrogen-bond acceptors (Lipinski definition) is 4. The summed E-state index contributed by atoms with van der Waals surface area (Å²) in [5.74, 6) is 0.156. The maximum Gasteiger partial charge on any atom is 0.179 e. The van der Waals surface area contributed by atoms with Gasteiger partial charge in [0, 0.05) is 23.0 Å². The monoisotopic (exact) mass is 335 g/mol. The van der Waals surface area contributed by atoms with Gasteiger partial charge in [0.05, 0.1) is 17.7 Å². The fraction of sp³-hybridized carbons (Fsp3) is 0.333. The molecular weight excluding hydrogens is 310 g/mol. The number of Topliss-reactive ketones (excluding diaryl/α,β-unsaturated/α-hetero) is 1. The molecule has 0 spiro atoms. The topological polar surface area (TPSA) is 56.1 Å². The SMILES string of the molecule is CCC(C(=O)c1ccc(Nc2ccc(C#N)cc2)cc1)N(C)C(C)C. The van der Waals surface area contributed by atoms with Crippen LogP contribution in [0.25, 0.3) is 0 Å². The zero-order valence-corrected chi connectivity index (χ0v) is 15.3. The first-order chi connectivity index (χ1) is 12.0. The van der Waals surface area contributed by atoms with Crippen molar-refractivity contribution in [3.8, 4) is 6.07 Å². The maximum absolute atomic E-state index is 12.8. The first-order valence-electron chi connectivity index (χ1n) is 8.59. The highest BCUT2D eigenvalue weighted by atomic mass is 16.1. The number of anilines is 2. The van der Waals surface area contributed by atoms with Gasteiger partial charge < -0.3 is 5.32 Å². The van der Waals surface area contributed by atoms with Crippen molar-refractivity contribution in [3.05, 3.63) is 59.7 Å². The third kappa shape index (κ3) is 4.68. The van der Waals surface area contributed by atoms with Crippen molar-refractivity contribution in [2.75, 3.05) is 12.4 Å². The second-order valence-corrected chi connectivity index (χ2v) is 6.44. The van der Waals surface area contributed by atoms with Gasteiger partial charge in [-0.1, -0.05) is 6.92 Å². The van der Waals surface area contributed by atoms with Crippen LogP contribution in [-0.4, -0.2) is 29.8 Å². The van der Waals surface area contributed by atoms with Crippen LogP contribution in [0.3, 0.4) is 0 Å². The maximum atomic E-state index is 12.8. The van der Waals surface area contributed by atoms with Gasteiger partial charge in [-0.15, -0.1) is 0 Å². The van der Waals surface area contributed by atoms with E-state index < -0.39 is 0 Å². The number of hydrogen-bond donors (Lipinski definition) is 1. The average Bonchev–Trinajstić information content (AvgIpc) is 2.63. The molecule has 1 atom stereocenters. The van der Waals surface area contributed by atoms with E-state index in [0.717, 1.165) is 23.4 Å². The molecule has 0 radical (unpaired) electrons. The normalized spacial score (nSPS) is 12.0. The Morgan fingerprint density at radius 3 is 2.04 bits per heavy atom. The number of nitrogens with one attached hydrogen (secondary N) is 1. The van der Waals surface area contributed by atoms with Crippen molar-refractivity contribution in [2.24, 2.45) is 0 Å². The van der Waals surface area contributed by atoms with E-state index >= 15 is 0 Å². The zero-order valence-electron chi connectivity index (χ0n) is 15.3. The van der Waals surface area contributed by atoms with Crippen LogP contribution in [0, 0.1) is 11.3 Å². The fourth-order valence-corrected chi connectivity index (χ4v) is 2.72. The quantitative estimate of drug-likeness (QED) is 0.751. The second kappa shape index (κ2) is 8.46. The summed E-state index contributed by atoms with van der Waals surface area (Å²) in [6.45, 7) is 6.24. The molecule has 130 valence electrons. The van der Waals surface area contributed by atoms with E-state index in [-0.39, 0.29) is 11.8 Å². The summed E-state index contributed by atoms with van der Waals surface area (Å²) in [4.78, 5) is 14.9. The van der Waals surface area contributed by atoms with Crippen LogP contribution in [0.1, 0.15) is 43.1 Å². The Hall–Kier alpha value is -2.64. The Kier molecular flexibility index (Phi) is 6.32. The van der Waals surface area contributed by atoms with Crippen molar-refractivity contribution in [1.82, 2.24) is 4.90 Å². The van der Waals surface area contributed by atoms with Crippen LogP contribution in [0.4, 0.5) is 11.4 Å². The number of rotatable bonds is 7. The van der Waals surface area contributed by atoms with Crippen molar-refractivity contribution in [1.29, 1.82) is 5.26 Å². The molecule has 25 heavy (non-hydrogen) atoms. The first-order valence-corrected chi connectivity index (χ1v) is 8.59. The zero-order chi connectivity index (χ0) is 18.4. The third-order valence-electron chi connectivity index (χ3n) is 4.47. The molecular formula is C21H25N3O. The molecule has 2 aromatic rings. The van der Waals surface area contributed by atoms with E-state index in [4.69, 9.17) is 5.26 Å². The fourth-order valence-electron chi connectivity index (χ4n) is 2.72. The average molecular weight is 335 g/mol. The summed E-state index contributed by atoms with van der Waals surface area (Å²) in [7, 11) is 2.00. The molecule has 0 amide bonds. The summed E-state index contributed by atoms with van der Waals surface area (Å²) in [5.41, 5.74) is 3.17. The number of nitriles is 1. The molecule has 0 saturated heterocycles. The third-order valence-corrected chi connectivity index (χ3v) is 4.47. The molecule has 0 bridgehead atoms. The Balaban J connectivity index is 2.10. The van der Waals surface area contributed by atoms with Crippen LogP contribution in [0.15, 0.2) is 48.5 Å². The predicted molar refractivity (Wildman–Crippen MR) is 102 cm³/mol. The van der Waals surface area contributed by atoms with Crippen molar-refractivity contribution in [2.45, 2.75) is 39.3 Å². The molecule has 0 fully saturated rings. The van der Waals surface area contributed by atoms with Gasteiger partial charge in [0.2, 0.25) is 0 Å². The van der Waals surface area contributed by atoms with Gasteiger partial charge >= 0.3 is 0 Å². The van der Waals surface area contributed by atoms with Crippen molar-refractivity contribution < 1.29 is 4.79 Å². The van der Waals surface area contributed by atoms with E-state index in [2.05, 4.69) is 30.1 Å². The summed E-state index contributed by atoms with van der Waals surface area (Å²) in [6.07, 6.45) is 0.790. The number of carbonyl (C=O) groups is 1. The molecule has 0 saturated carbocycles. The number of carbonyl (C=O) groups excluding carboxylic acids is 1. The van der Waals surface area contributed by atoms with Crippen molar-refractivity contribution >= 4 is 17.2 Å². The molecule has 1 unspecified atom stereocenters. The molecule has 2 aromatic carbocycles. The van der Waals surface area contributed by atoms with Crippen LogP contribution in [0.5, 0.6) is 0 Å². The largest absolute Gasteiger partial charge is 0.356 e. The van der Waals surface area contributed by atoms with Gasteiger partial charge in [0.15, 0.2) is 5.78 Å². The lowest BCUT2D eigenvalue weighted by molar-refractivity contribution is 0.0808. The molecule has 0 aromatic heterocycles. The molecule has 2 rings (SSSR count). The van der Waals surface area contributed by atoms with Gasteiger partial charge in [0.1, 0.15) is 0 Å². The Morgan fingerprint density at radius 2 is 1.60 bits per heavy atom. The number of likely N-dealkylation sites (N-methyl/N-ethyl adjacent to an activating group) is 1. The van der Waals surface area contributed by atoms with Crippen LogP contribution in [0.2, 0.25) is 0 Å². The minimum atomic E-state index is -0.0997. The summed E-state index contributed by atoms with van der Waals surface area (Å²) < 4.78 is 0. The molecule has 0 aliphatic heterocycles. The smallest absolute Gasteiger partial charge is 0.179 e. The Bertz CT molecular complexity index is 742. The number of nitrogens with zero attached hydrogens (tertiary/aromatic N) is 2. The van der Waals surface area contributed by atoms with E-state index in [1.54, 1.807) is 12.1 Å². The van der Waals surface area contributed by atoms with Crippen LogP contribution in [-0.2, 0) is 0 Å². The van der Waals surface area contributed by atoms with Gasteiger partial charge in [-0.2, -0.15) is 5.26 Å². The standard InChI is InChI=1S/C21H25N3O/c1-5-20(24(4)15(2)3)21(25)17-8-12-19(13-9-17)23-18-10-6-16(14-22)7-11-18/h6-13,15,20,23H,5H2,1-4H3. The number of ketones is 1. The van der Waals surface area contributed by atoms with Crippen LogP contribution < -0.4 is 5.32 Å². The molecule has 0 heterocycles. The second-order valence-electron chi connectivity index (χ2n) is 6.44. The molecule has 4 heteroatoms. The predicted octanol–water partition coefficient (Wildman–Crippen LogP) is 4.60. The van der Waals surface area contributed by atoms with Gasteiger partial charge in [0.25, 0.3) is 0 Å². The highest BCUT2D eigenvalue weighted by Crippen LogP contribution is 2.20. The molecule has 0 aliphatic rings. The minimum Gasteiger partial charge on any atom is -0.356 e. The first kappa shape index (κ1) is 18.7. The van der Waals surface area contributed by atoms with Gasteiger partial charge in [-0.3, -0.25) is 9.69 Å². The lowest BCUT2D eigenvalue weighted by atomic mass is 10.00. The van der Waals surface area contributed by atoms with Crippen LogP contribution >= 0.6 is 0 Å². The molecule has 0 aliphatic carbocycles.